The highest BCUT2D eigenvalue weighted by atomic mass is 16.3. The van der Waals surface area contributed by atoms with E-state index in [0.717, 1.165) is 90.0 Å². The molecule has 0 unspecified atom stereocenters. The standard InChI is InChI=1S/C69H52N2O2/c1-43-23-9-6-14-28-46-51-39-40-54-63-50-32-16-15-29-47(50)60(71(45-26-12-8-13-27-45)58-36-22-34-53-49-31-18-20-38-62(49)73-67(53)58)42-56(63)69(4,5)65(54)64(51)68(2,3)55(46)41-59(43)70(44-24-10-7-11-25-44)57-35-21-33-52-48-30-17-19-37-61(48)72-66(52)57/h6-27,29-42H,1,28H2,2-5H3/b14-6-,23-9-,59-41?. The largest absolute Gasteiger partial charge is 0.454 e. The Hall–Kier alpha value is -8.86. The molecule has 11 aromatic rings. The van der Waals surface area contributed by atoms with Crippen LogP contribution in [0.3, 0.4) is 0 Å². The summed E-state index contributed by atoms with van der Waals surface area (Å²) in [6.07, 6.45) is 12.0. The zero-order chi connectivity index (χ0) is 49.2. The van der Waals surface area contributed by atoms with Gasteiger partial charge in [-0.3, -0.25) is 0 Å². The SMILES string of the molecule is C=C1/C=C\C=C/CC2=C(C=C1N(c1ccccc1)c1cccc3c1oc1ccccc13)C(C)(C)c1c2ccc2c1C(C)(C)c1cc(N(c3ccccc3)c3cccc4c3oc3ccccc34)c3ccccc3c1-2. The topological polar surface area (TPSA) is 32.8 Å². The Morgan fingerprint density at radius 1 is 0.466 bits per heavy atom. The average molecular weight is 941 g/mol. The van der Waals surface area contributed by atoms with Gasteiger partial charge in [0, 0.05) is 49.1 Å². The first-order valence-electron chi connectivity index (χ1n) is 25.4. The lowest BCUT2D eigenvalue weighted by atomic mass is 9.71. The molecule has 0 spiro atoms. The Bertz CT molecular complexity index is 4250. The van der Waals surface area contributed by atoms with Gasteiger partial charge in [-0.2, -0.15) is 0 Å². The molecule has 3 aliphatic carbocycles. The van der Waals surface area contributed by atoms with Crippen molar-refractivity contribution in [2.75, 3.05) is 9.80 Å². The molecule has 0 N–H and O–H groups in total. The van der Waals surface area contributed by atoms with Crippen molar-refractivity contribution in [3.63, 3.8) is 0 Å². The molecule has 0 fully saturated rings. The summed E-state index contributed by atoms with van der Waals surface area (Å²) in [4.78, 5) is 4.78. The molecule has 350 valence electrons. The van der Waals surface area contributed by atoms with Crippen LogP contribution in [0, 0.1) is 0 Å². The van der Waals surface area contributed by atoms with Gasteiger partial charge in [-0.25, -0.2) is 0 Å². The molecule has 14 rings (SSSR count). The number of fused-ring (bicyclic) bond motifs is 14. The van der Waals surface area contributed by atoms with Crippen molar-refractivity contribution in [3.05, 3.63) is 264 Å². The second kappa shape index (κ2) is 16.1. The summed E-state index contributed by atoms with van der Waals surface area (Å²) in [5.74, 6) is 0. The molecule has 2 heterocycles. The third-order valence-corrected chi connectivity index (χ3v) is 16.0. The first kappa shape index (κ1) is 43.0. The fourth-order valence-electron chi connectivity index (χ4n) is 12.7. The lowest BCUT2D eigenvalue weighted by Gasteiger charge is -2.33. The number of rotatable bonds is 6. The molecule has 9 aromatic carbocycles. The van der Waals surface area contributed by atoms with Gasteiger partial charge in [-0.1, -0.05) is 192 Å². The van der Waals surface area contributed by atoms with Crippen LogP contribution in [0.15, 0.2) is 251 Å². The van der Waals surface area contributed by atoms with Crippen molar-refractivity contribution in [2.24, 2.45) is 0 Å². The van der Waals surface area contributed by atoms with Gasteiger partial charge in [-0.05, 0) is 123 Å². The summed E-state index contributed by atoms with van der Waals surface area (Å²) in [7, 11) is 0. The van der Waals surface area contributed by atoms with Crippen molar-refractivity contribution >= 4 is 88.7 Å². The zero-order valence-corrected chi connectivity index (χ0v) is 41.4. The molecule has 0 radical (unpaired) electrons. The van der Waals surface area contributed by atoms with Gasteiger partial charge in [0.25, 0.3) is 0 Å². The van der Waals surface area contributed by atoms with E-state index in [2.05, 4.69) is 244 Å². The molecule has 0 saturated carbocycles. The van der Waals surface area contributed by atoms with E-state index in [-0.39, 0.29) is 5.41 Å². The van der Waals surface area contributed by atoms with E-state index in [1.807, 2.05) is 12.1 Å². The minimum atomic E-state index is -0.406. The molecule has 3 aliphatic rings. The van der Waals surface area contributed by atoms with Crippen molar-refractivity contribution in [2.45, 2.75) is 44.9 Å². The number of furan rings is 2. The predicted molar refractivity (Wildman–Crippen MR) is 306 cm³/mol. The molecule has 4 heteroatoms. The van der Waals surface area contributed by atoms with Crippen LogP contribution in [0.5, 0.6) is 0 Å². The van der Waals surface area contributed by atoms with E-state index in [9.17, 15) is 0 Å². The van der Waals surface area contributed by atoms with Gasteiger partial charge < -0.3 is 18.6 Å². The Balaban J connectivity index is 0.975. The van der Waals surface area contributed by atoms with Crippen LogP contribution in [0.1, 0.15) is 56.4 Å². The number of benzene rings is 9. The normalized spacial score (nSPS) is 16.4. The van der Waals surface area contributed by atoms with Crippen LogP contribution in [0.4, 0.5) is 28.4 Å². The van der Waals surface area contributed by atoms with Gasteiger partial charge in [0.05, 0.1) is 22.8 Å². The smallest absolute Gasteiger partial charge is 0.159 e. The maximum atomic E-state index is 6.79. The number of allylic oxidation sites excluding steroid dienone is 7. The van der Waals surface area contributed by atoms with Gasteiger partial charge in [0.15, 0.2) is 11.2 Å². The van der Waals surface area contributed by atoms with Crippen molar-refractivity contribution in [1.29, 1.82) is 0 Å². The predicted octanol–water partition coefficient (Wildman–Crippen LogP) is 19.3. The summed E-state index contributed by atoms with van der Waals surface area (Å²) in [6.45, 7) is 14.6. The highest BCUT2D eigenvalue weighted by Gasteiger charge is 2.47. The van der Waals surface area contributed by atoms with Gasteiger partial charge in [0.2, 0.25) is 0 Å². The quantitative estimate of drug-likeness (QED) is 0.166. The summed E-state index contributed by atoms with van der Waals surface area (Å²) in [6, 6.07) is 67.5. The Labute approximate surface area is 425 Å². The number of anilines is 5. The zero-order valence-electron chi connectivity index (χ0n) is 41.4. The minimum Gasteiger partial charge on any atom is -0.454 e. The van der Waals surface area contributed by atoms with E-state index in [1.165, 1.54) is 55.3 Å². The van der Waals surface area contributed by atoms with Crippen LogP contribution in [0.25, 0.3) is 71.3 Å². The third-order valence-electron chi connectivity index (χ3n) is 16.0. The second-order valence-corrected chi connectivity index (χ2v) is 20.8. The van der Waals surface area contributed by atoms with E-state index >= 15 is 0 Å². The van der Waals surface area contributed by atoms with E-state index < -0.39 is 5.41 Å². The fraction of sp³-hybridized carbons (Fsp3) is 0.101. The average Bonchev–Trinajstić information content (AvgIpc) is 4.12. The molecule has 0 atom stereocenters. The molecular formula is C69H52N2O2. The van der Waals surface area contributed by atoms with Crippen molar-refractivity contribution in [1.82, 2.24) is 0 Å². The second-order valence-electron chi connectivity index (χ2n) is 20.8. The summed E-state index contributed by atoms with van der Waals surface area (Å²) in [5.41, 5.74) is 20.4. The fourth-order valence-corrected chi connectivity index (χ4v) is 12.7. The van der Waals surface area contributed by atoms with Crippen LogP contribution in [-0.2, 0) is 10.8 Å². The van der Waals surface area contributed by atoms with Gasteiger partial charge in [0.1, 0.15) is 11.2 Å². The molecule has 0 saturated heterocycles. The molecule has 73 heavy (non-hydrogen) atoms. The lowest BCUT2D eigenvalue weighted by Crippen LogP contribution is -2.26. The molecule has 0 bridgehead atoms. The third kappa shape index (κ3) is 6.33. The van der Waals surface area contributed by atoms with Crippen LogP contribution in [-0.4, -0.2) is 0 Å². The van der Waals surface area contributed by atoms with Gasteiger partial charge >= 0.3 is 0 Å². The maximum Gasteiger partial charge on any atom is 0.159 e. The number of hydrogen-bond donors (Lipinski definition) is 0. The Kier molecular flexibility index (Phi) is 9.46. The Morgan fingerprint density at radius 2 is 0.986 bits per heavy atom. The monoisotopic (exact) mass is 940 g/mol. The lowest BCUT2D eigenvalue weighted by molar-refractivity contribution is 0.596. The minimum absolute atomic E-state index is 0.380. The first-order chi connectivity index (χ1) is 35.7. The molecule has 4 nitrogen and oxygen atoms in total. The van der Waals surface area contributed by atoms with Crippen LogP contribution < -0.4 is 9.80 Å². The van der Waals surface area contributed by atoms with Gasteiger partial charge in [-0.15, -0.1) is 0 Å². The van der Waals surface area contributed by atoms with Crippen molar-refractivity contribution in [3.8, 4) is 11.1 Å². The Morgan fingerprint density at radius 3 is 1.63 bits per heavy atom. The number of hydrogen-bond acceptors (Lipinski definition) is 4. The summed E-state index contributed by atoms with van der Waals surface area (Å²) in [5, 5.41) is 6.82. The molecular weight excluding hydrogens is 889 g/mol. The number of nitrogens with zero attached hydrogens (tertiary/aromatic N) is 2. The molecule has 0 amide bonds. The highest BCUT2D eigenvalue weighted by molar-refractivity contribution is 6.15. The molecule has 0 aliphatic heterocycles. The summed E-state index contributed by atoms with van der Waals surface area (Å²) < 4.78 is 13.6. The van der Waals surface area contributed by atoms with E-state index in [0.29, 0.717) is 0 Å². The van der Waals surface area contributed by atoms with Crippen LogP contribution >= 0.6 is 0 Å². The van der Waals surface area contributed by atoms with Crippen molar-refractivity contribution < 1.29 is 8.83 Å². The first-order valence-corrected chi connectivity index (χ1v) is 25.4. The van der Waals surface area contributed by atoms with E-state index in [1.54, 1.807) is 0 Å². The van der Waals surface area contributed by atoms with E-state index in [4.69, 9.17) is 15.4 Å². The summed E-state index contributed by atoms with van der Waals surface area (Å²) >= 11 is 0. The highest BCUT2D eigenvalue weighted by Crippen LogP contribution is 2.61. The number of para-hydroxylation sites is 6. The van der Waals surface area contributed by atoms with Crippen LogP contribution in [0.2, 0.25) is 0 Å². The molecule has 2 aromatic heterocycles. The maximum absolute atomic E-state index is 6.79.